The summed E-state index contributed by atoms with van der Waals surface area (Å²) in [4.78, 5) is 18.3. The van der Waals surface area contributed by atoms with Crippen molar-refractivity contribution in [2.24, 2.45) is 0 Å². The van der Waals surface area contributed by atoms with E-state index in [0.717, 1.165) is 116 Å². The minimum Gasteiger partial charge on any atom is 3.00 e. The maximum absolute atomic E-state index is 7.50. The summed E-state index contributed by atoms with van der Waals surface area (Å²) in [6.07, 6.45) is 13.7. The van der Waals surface area contributed by atoms with E-state index in [-0.39, 0.29) is 34.1 Å². The first-order chi connectivity index (χ1) is 32.8. The monoisotopic (exact) mass is 981 g/mol. The van der Waals surface area contributed by atoms with Crippen LogP contribution in [0.3, 0.4) is 0 Å². The van der Waals surface area contributed by atoms with Crippen molar-refractivity contribution in [2.75, 3.05) is 26.4 Å². The summed E-state index contributed by atoms with van der Waals surface area (Å²) in [7, 11) is 0. The van der Waals surface area contributed by atoms with E-state index >= 15 is 0 Å². The molecule has 10 nitrogen and oxygen atoms in total. The predicted octanol–water partition coefficient (Wildman–Crippen LogP) is 12.8. The Hall–Kier alpha value is -6.60. The van der Waals surface area contributed by atoms with Crippen molar-refractivity contribution in [3.8, 4) is 44.5 Å². The molecule has 2 N–H and O–H groups in total. The van der Waals surface area contributed by atoms with Crippen LogP contribution in [0.15, 0.2) is 146 Å². The van der Waals surface area contributed by atoms with E-state index < -0.39 is 0 Å². The van der Waals surface area contributed by atoms with Crippen molar-refractivity contribution in [3.63, 3.8) is 0 Å². The molecule has 2 saturated heterocycles. The summed E-state index contributed by atoms with van der Waals surface area (Å²) >= 11 is 0. The van der Waals surface area contributed by atoms with Gasteiger partial charge in [-0.05, 0) is 96.5 Å². The van der Waals surface area contributed by atoms with E-state index in [4.69, 9.17) is 38.1 Å². The molecule has 7 aromatic rings. The second kappa shape index (κ2) is 30.6. The molecule has 0 atom stereocenters. The molecule has 3 aromatic heterocycles. The topological polar surface area (TPSA) is 155 Å². The van der Waals surface area contributed by atoms with Crippen LogP contribution in [-0.2, 0) is 62.2 Å². The Morgan fingerprint density at radius 3 is 0.721 bits per heavy atom. The molecule has 4 aliphatic heterocycles. The number of hydrogen-bond donors (Lipinski definition) is 2. The van der Waals surface area contributed by atoms with Crippen LogP contribution in [0.1, 0.15) is 48.5 Å². The molecule has 0 unspecified atom stereocenters. The van der Waals surface area contributed by atoms with E-state index in [1.165, 1.54) is 25.7 Å². The molecule has 335 valence electrons. The number of aromatic nitrogens is 4. The Morgan fingerprint density at radius 2 is 0.544 bits per heavy atom. The molecule has 0 spiro atoms. The van der Waals surface area contributed by atoms with E-state index in [1.807, 2.05) is 24.3 Å². The number of aromatic amines is 2. The standard InChI is InChI=1S/C44H30N4.2C4H8O.4CO.Co.Cr/c1-5-13-29(14-6-1)41-33-21-23-35(45-33)42(30-15-7-2-8-16-30)37-25-27-39(47-37)44(32-19-11-4-12-20-32)40-28-26-38(48-40)43(31-17-9-3-10-18-31)36-24-22-34(41)46-36;2*1-2-4-5-3-1;4*1-2;;/h1-28,45,48H;2*1-4H2;;;;;;/q;;;;;;;2*+3. The third-order valence-corrected chi connectivity index (χ3v) is 10.7. The zero-order valence-electron chi connectivity index (χ0n) is 36.9. The van der Waals surface area contributed by atoms with E-state index in [1.54, 1.807) is 0 Å². The maximum atomic E-state index is 7.50. The van der Waals surface area contributed by atoms with Crippen LogP contribution in [0, 0.1) is 26.6 Å². The Kier molecular flexibility index (Phi) is 25.1. The average Bonchev–Trinajstić information content (AvgIpc) is 4.27. The molecule has 0 saturated carbocycles. The van der Waals surface area contributed by atoms with Crippen LogP contribution in [0.5, 0.6) is 0 Å². The number of fused-ring (bicyclic) bond motifs is 8. The van der Waals surface area contributed by atoms with Crippen molar-refractivity contribution in [2.45, 2.75) is 25.7 Å². The molecule has 4 aromatic carbocycles. The summed E-state index contributed by atoms with van der Waals surface area (Å²) in [5.74, 6) is 0. The zero-order chi connectivity index (χ0) is 46.9. The number of benzene rings is 4. The first kappa shape index (κ1) is 55.7. The Morgan fingerprint density at radius 1 is 0.338 bits per heavy atom. The van der Waals surface area contributed by atoms with Gasteiger partial charge in [0.05, 0.1) is 22.8 Å². The van der Waals surface area contributed by atoms with Crippen molar-refractivity contribution >= 4 is 46.4 Å². The van der Waals surface area contributed by atoms with Gasteiger partial charge in [-0.2, -0.15) is 0 Å². The molecule has 4 aliphatic rings. The summed E-state index contributed by atoms with van der Waals surface area (Å²) in [6, 6.07) is 50.7. The molecule has 12 heteroatoms. The Bertz CT molecular complexity index is 2540. The van der Waals surface area contributed by atoms with Crippen LogP contribution in [0.2, 0.25) is 0 Å². The number of ether oxygens (including phenoxy) is 2. The molecule has 1 radical (unpaired) electrons. The maximum Gasteiger partial charge on any atom is 3.00 e. The van der Waals surface area contributed by atoms with Gasteiger partial charge in [0.25, 0.3) is 0 Å². The molecule has 68 heavy (non-hydrogen) atoms. The van der Waals surface area contributed by atoms with Crippen LogP contribution >= 0.6 is 0 Å². The average molecular weight is 982 g/mol. The Labute approximate surface area is 417 Å². The van der Waals surface area contributed by atoms with E-state index in [9.17, 15) is 0 Å². The fourth-order valence-corrected chi connectivity index (χ4v) is 7.86. The van der Waals surface area contributed by atoms with Gasteiger partial charge < -0.3 is 19.4 Å². The van der Waals surface area contributed by atoms with Crippen molar-refractivity contribution < 1.29 is 62.2 Å². The van der Waals surface area contributed by atoms with Gasteiger partial charge in [-0.25, -0.2) is 9.97 Å². The normalized spacial score (nSPS) is 12.1. The van der Waals surface area contributed by atoms with E-state index in [0.29, 0.717) is 0 Å². The van der Waals surface area contributed by atoms with E-state index in [2.05, 4.69) is 182 Å². The largest absolute Gasteiger partial charge is 3.00 e. The van der Waals surface area contributed by atoms with Crippen molar-refractivity contribution in [3.05, 3.63) is 195 Å². The summed E-state index contributed by atoms with van der Waals surface area (Å²) < 4.78 is 39.9. The van der Waals surface area contributed by atoms with Gasteiger partial charge in [-0.15, -0.1) is 0 Å². The number of H-pyrrole nitrogens is 2. The minimum absolute atomic E-state index is 0. The Balaban J connectivity index is 0.000000528. The first-order valence-electron chi connectivity index (χ1n) is 21.2. The molecule has 11 rings (SSSR count). The minimum atomic E-state index is 0. The SMILES string of the molecule is C1=Cc2nc1c(-c1ccccc1)c1ccc([nH]1)c(-c1ccccc1)c1nc(c(-c3ccccc3)c3ccc([nH]3)c2-c2ccccc2)C=C1.C1CCOC1.C1CCOC1.[C-]#[O+].[C-]#[O+].[C-]#[O+].[C-]#[O+].[Co+3].[Cr+3]. The van der Waals surface area contributed by atoms with Gasteiger partial charge in [0.1, 0.15) is 0 Å². The molecule has 7 heterocycles. The fourth-order valence-electron chi connectivity index (χ4n) is 7.86. The zero-order valence-corrected chi connectivity index (χ0v) is 39.2. The first-order valence-corrected chi connectivity index (χ1v) is 21.2. The third-order valence-electron chi connectivity index (χ3n) is 10.7. The second-order valence-electron chi connectivity index (χ2n) is 14.6. The fraction of sp³-hybridized carbons (Fsp3) is 0.143. The van der Waals surface area contributed by atoms with Crippen LogP contribution in [0.25, 0.3) is 90.9 Å². The number of rotatable bonds is 4. The van der Waals surface area contributed by atoms with Crippen LogP contribution < -0.4 is 0 Å². The second-order valence-corrected chi connectivity index (χ2v) is 14.6. The quantitative estimate of drug-likeness (QED) is 0.133. The third kappa shape index (κ3) is 14.2. The van der Waals surface area contributed by atoms with Gasteiger partial charge >= 0.3 is 79.4 Å². The molecule has 8 bridgehead atoms. The van der Waals surface area contributed by atoms with Gasteiger partial charge in [-0.1, -0.05) is 121 Å². The molecule has 2 fully saturated rings. The van der Waals surface area contributed by atoms with Gasteiger partial charge in [-0.3, -0.25) is 0 Å². The summed E-state index contributed by atoms with van der Waals surface area (Å²) in [6.45, 7) is 22.0. The van der Waals surface area contributed by atoms with Crippen molar-refractivity contribution in [1.82, 2.24) is 19.9 Å². The van der Waals surface area contributed by atoms with Gasteiger partial charge in [0, 0.05) is 70.7 Å². The smallest absolute Gasteiger partial charge is 3.00 e. The molecular weight excluding hydrogens is 936 g/mol. The number of nitrogens with one attached hydrogen (secondary N) is 2. The summed E-state index contributed by atoms with van der Waals surface area (Å²) in [5, 5.41) is 0. The predicted molar refractivity (Wildman–Crippen MR) is 256 cm³/mol. The molecule has 0 amide bonds. The van der Waals surface area contributed by atoms with Crippen LogP contribution in [0.4, 0.5) is 0 Å². The van der Waals surface area contributed by atoms with Gasteiger partial charge in [0.2, 0.25) is 0 Å². The van der Waals surface area contributed by atoms with Crippen LogP contribution in [-0.4, -0.2) is 46.4 Å². The number of hydrogen-bond acceptors (Lipinski definition) is 4. The number of nitrogens with zero attached hydrogens (tertiary/aromatic N) is 2. The van der Waals surface area contributed by atoms with Gasteiger partial charge in [0.15, 0.2) is 0 Å². The summed E-state index contributed by atoms with van der Waals surface area (Å²) in [5.41, 5.74) is 16.2. The molecule has 0 aliphatic carbocycles. The molecular formula is C56H46CoCrN4O6+6. The van der Waals surface area contributed by atoms with Crippen molar-refractivity contribution in [1.29, 1.82) is 0 Å².